The van der Waals surface area contributed by atoms with Crippen molar-refractivity contribution in [1.29, 1.82) is 0 Å². The number of amides is 2. The summed E-state index contributed by atoms with van der Waals surface area (Å²) in [5.74, 6) is 0.574. The fourth-order valence-corrected chi connectivity index (χ4v) is 2.31. The van der Waals surface area contributed by atoms with Gasteiger partial charge in [-0.1, -0.05) is 6.92 Å². The van der Waals surface area contributed by atoms with E-state index in [1.165, 1.54) is 0 Å². The normalized spacial score (nSPS) is 21.4. The van der Waals surface area contributed by atoms with Crippen molar-refractivity contribution < 1.29 is 9.59 Å². The molecule has 1 N–H and O–H groups in total. The fourth-order valence-electron chi connectivity index (χ4n) is 2.31. The van der Waals surface area contributed by atoms with Gasteiger partial charge in [-0.25, -0.2) is 0 Å². The van der Waals surface area contributed by atoms with E-state index in [0.717, 1.165) is 45.2 Å². The Kier molecular flexibility index (Phi) is 4.02. The summed E-state index contributed by atoms with van der Waals surface area (Å²) >= 11 is 0. The smallest absolute Gasteiger partial charge is 0.223 e. The molecule has 2 amide bonds. The first kappa shape index (κ1) is 12.4. The Bertz CT molecular complexity index is 292. The summed E-state index contributed by atoms with van der Waals surface area (Å²) in [4.78, 5) is 25.4. The van der Waals surface area contributed by atoms with Crippen molar-refractivity contribution in [3.05, 3.63) is 0 Å². The standard InChI is InChI=1S/C13H22N2O2/c1-2-3-12(16)15-8-6-10(7-9-15)13(17)14-11-4-5-11/h10-11H,2-9H2,1H3,(H,14,17). The topological polar surface area (TPSA) is 49.4 Å². The van der Waals surface area contributed by atoms with Gasteiger partial charge in [0, 0.05) is 31.5 Å². The van der Waals surface area contributed by atoms with Crippen molar-refractivity contribution in [1.82, 2.24) is 10.2 Å². The summed E-state index contributed by atoms with van der Waals surface area (Å²) < 4.78 is 0. The summed E-state index contributed by atoms with van der Waals surface area (Å²) in [5, 5.41) is 3.05. The molecule has 0 atom stereocenters. The third kappa shape index (κ3) is 3.45. The maximum Gasteiger partial charge on any atom is 0.223 e. The average molecular weight is 238 g/mol. The van der Waals surface area contributed by atoms with Crippen LogP contribution in [0.15, 0.2) is 0 Å². The first-order valence-electron chi connectivity index (χ1n) is 6.79. The first-order chi connectivity index (χ1) is 8.20. The molecule has 4 heteroatoms. The van der Waals surface area contributed by atoms with Crippen molar-refractivity contribution >= 4 is 11.8 Å². The molecular weight excluding hydrogens is 216 g/mol. The van der Waals surface area contributed by atoms with Gasteiger partial charge in [-0.15, -0.1) is 0 Å². The van der Waals surface area contributed by atoms with E-state index in [9.17, 15) is 9.59 Å². The van der Waals surface area contributed by atoms with Gasteiger partial charge in [0.1, 0.15) is 0 Å². The van der Waals surface area contributed by atoms with Gasteiger partial charge in [0.15, 0.2) is 0 Å². The summed E-state index contributed by atoms with van der Waals surface area (Å²) in [5.41, 5.74) is 0. The predicted molar refractivity (Wildman–Crippen MR) is 65.4 cm³/mol. The van der Waals surface area contributed by atoms with Crippen molar-refractivity contribution in [2.45, 2.75) is 51.5 Å². The SMILES string of the molecule is CCCC(=O)N1CCC(C(=O)NC2CC2)CC1. The van der Waals surface area contributed by atoms with E-state index < -0.39 is 0 Å². The van der Waals surface area contributed by atoms with Gasteiger partial charge in [0.05, 0.1) is 0 Å². The van der Waals surface area contributed by atoms with Crippen LogP contribution >= 0.6 is 0 Å². The van der Waals surface area contributed by atoms with Crippen molar-refractivity contribution in [2.24, 2.45) is 5.92 Å². The maximum atomic E-state index is 11.8. The molecule has 0 bridgehead atoms. The average Bonchev–Trinajstić information content (AvgIpc) is 3.13. The highest BCUT2D eigenvalue weighted by Crippen LogP contribution is 2.22. The van der Waals surface area contributed by atoms with Crippen LogP contribution in [0.2, 0.25) is 0 Å². The molecule has 0 radical (unpaired) electrons. The zero-order chi connectivity index (χ0) is 12.3. The number of nitrogens with zero attached hydrogens (tertiary/aromatic N) is 1. The summed E-state index contributed by atoms with van der Waals surface area (Å²) in [7, 11) is 0. The van der Waals surface area contributed by atoms with Gasteiger partial charge in [-0.2, -0.15) is 0 Å². The lowest BCUT2D eigenvalue weighted by atomic mass is 9.95. The lowest BCUT2D eigenvalue weighted by molar-refractivity contribution is -0.135. The van der Waals surface area contributed by atoms with E-state index >= 15 is 0 Å². The number of hydrogen-bond donors (Lipinski definition) is 1. The highest BCUT2D eigenvalue weighted by molar-refractivity contribution is 5.80. The van der Waals surface area contributed by atoms with Gasteiger partial charge < -0.3 is 10.2 Å². The molecular formula is C13H22N2O2. The van der Waals surface area contributed by atoms with Crippen molar-refractivity contribution in [2.75, 3.05) is 13.1 Å². The number of likely N-dealkylation sites (tertiary alicyclic amines) is 1. The summed E-state index contributed by atoms with van der Waals surface area (Å²) in [6.07, 6.45) is 5.47. The van der Waals surface area contributed by atoms with Crippen LogP contribution in [0.3, 0.4) is 0 Å². The lowest BCUT2D eigenvalue weighted by Crippen LogP contribution is -2.43. The monoisotopic (exact) mass is 238 g/mol. The van der Waals surface area contributed by atoms with E-state index in [1.54, 1.807) is 0 Å². The highest BCUT2D eigenvalue weighted by atomic mass is 16.2. The zero-order valence-electron chi connectivity index (χ0n) is 10.6. The molecule has 96 valence electrons. The maximum absolute atomic E-state index is 11.8. The predicted octanol–water partition coefficient (Wildman–Crippen LogP) is 1.30. The Balaban J connectivity index is 1.73. The second-order valence-electron chi connectivity index (χ2n) is 5.19. The third-order valence-corrected chi connectivity index (χ3v) is 3.61. The van der Waals surface area contributed by atoms with Gasteiger partial charge in [0.2, 0.25) is 11.8 Å². The zero-order valence-corrected chi connectivity index (χ0v) is 10.6. The summed E-state index contributed by atoms with van der Waals surface area (Å²) in [6, 6.07) is 0.447. The summed E-state index contributed by atoms with van der Waals surface area (Å²) in [6.45, 7) is 3.52. The highest BCUT2D eigenvalue weighted by Gasteiger charge is 2.30. The van der Waals surface area contributed by atoms with Crippen molar-refractivity contribution in [3.63, 3.8) is 0 Å². The molecule has 1 heterocycles. The molecule has 1 saturated carbocycles. The molecule has 1 aliphatic heterocycles. The molecule has 4 nitrogen and oxygen atoms in total. The van der Waals surface area contributed by atoms with Crippen LogP contribution < -0.4 is 5.32 Å². The molecule has 0 aromatic heterocycles. The van der Waals surface area contributed by atoms with Crippen molar-refractivity contribution in [3.8, 4) is 0 Å². The van der Waals surface area contributed by atoms with Gasteiger partial charge >= 0.3 is 0 Å². The van der Waals surface area contributed by atoms with Crippen LogP contribution in [0.5, 0.6) is 0 Å². The third-order valence-electron chi connectivity index (χ3n) is 3.61. The molecule has 0 spiro atoms. The molecule has 1 saturated heterocycles. The van der Waals surface area contributed by atoms with Crippen LogP contribution in [0.25, 0.3) is 0 Å². The van der Waals surface area contributed by atoms with E-state index in [1.807, 2.05) is 11.8 Å². The van der Waals surface area contributed by atoms with Crippen LogP contribution in [0, 0.1) is 5.92 Å². The number of carbonyl (C=O) groups excluding carboxylic acids is 2. The largest absolute Gasteiger partial charge is 0.353 e. The molecule has 0 unspecified atom stereocenters. The molecule has 0 aromatic carbocycles. The van der Waals surface area contributed by atoms with Gasteiger partial charge in [-0.05, 0) is 32.1 Å². The van der Waals surface area contributed by atoms with Gasteiger partial charge in [0.25, 0.3) is 0 Å². The Labute approximate surface area is 103 Å². The van der Waals surface area contributed by atoms with Crippen LogP contribution in [0.4, 0.5) is 0 Å². The molecule has 2 fully saturated rings. The Morgan fingerprint density at radius 3 is 2.35 bits per heavy atom. The number of rotatable bonds is 4. The number of carbonyl (C=O) groups is 2. The quantitative estimate of drug-likeness (QED) is 0.802. The van der Waals surface area contributed by atoms with E-state index in [0.29, 0.717) is 12.5 Å². The molecule has 0 aromatic rings. The number of nitrogens with one attached hydrogen (secondary N) is 1. The fraction of sp³-hybridized carbons (Fsp3) is 0.846. The molecule has 2 rings (SSSR count). The Morgan fingerprint density at radius 1 is 1.18 bits per heavy atom. The minimum Gasteiger partial charge on any atom is -0.353 e. The minimum absolute atomic E-state index is 0.126. The second kappa shape index (κ2) is 5.52. The first-order valence-corrected chi connectivity index (χ1v) is 6.79. The number of hydrogen-bond acceptors (Lipinski definition) is 2. The number of piperidine rings is 1. The van der Waals surface area contributed by atoms with E-state index in [4.69, 9.17) is 0 Å². The second-order valence-corrected chi connectivity index (χ2v) is 5.19. The van der Waals surface area contributed by atoms with Crippen LogP contribution in [0.1, 0.15) is 45.4 Å². The minimum atomic E-state index is 0.126. The van der Waals surface area contributed by atoms with Crippen LogP contribution in [-0.2, 0) is 9.59 Å². The molecule has 17 heavy (non-hydrogen) atoms. The van der Waals surface area contributed by atoms with Crippen LogP contribution in [-0.4, -0.2) is 35.8 Å². The Morgan fingerprint density at radius 2 is 1.82 bits per heavy atom. The lowest BCUT2D eigenvalue weighted by Gasteiger charge is -2.31. The Hall–Kier alpha value is -1.06. The molecule has 1 aliphatic carbocycles. The van der Waals surface area contributed by atoms with E-state index in [2.05, 4.69) is 5.32 Å². The van der Waals surface area contributed by atoms with E-state index in [-0.39, 0.29) is 17.7 Å². The van der Waals surface area contributed by atoms with Gasteiger partial charge in [-0.3, -0.25) is 9.59 Å². The molecule has 2 aliphatic rings.